The molecule has 0 radical (unpaired) electrons. The molecule has 2 aromatic carbocycles. The molecule has 23 heavy (non-hydrogen) atoms. The highest BCUT2D eigenvalue weighted by Gasteiger charge is 2.10. The molecule has 0 N–H and O–H groups in total. The number of aryl methyl sites for hydroxylation is 2. The van der Waals surface area contributed by atoms with Gasteiger partial charge in [-0.3, -0.25) is 9.67 Å². The van der Waals surface area contributed by atoms with Crippen molar-refractivity contribution in [3.05, 3.63) is 72.6 Å². The number of benzene rings is 2. The van der Waals surface area contributed by atoms with Crippen molar-refractivity contribution in [1.29, 1.82) is 0 Å². The summed E-state index contributed by atoms with van der Waals surface area (Å²) in [6.45, 7) is 2.10. The van der Waals surface area contributed by atoms with Gasteiger partial charge < -0.3 is 0 Å². The van der Waals surface area contributed by atoms with Crippen molar-refractivity contribution >= 4 is 10.9 Å². The maximum absolute atomic E-state index is 4.63. The van der Waals surface area contributed by atoms with Crippen molar-refractivity contribution in [2.45, 2.75) is 6.92 Å². The first kappa shape index (κ1) is 13.7. The van der Waals surface area contributed by atoms with Crippen LogP contribution in [-0.4, -0.2) is 14.8 Å². The van der Waals surface area contributed by atoms with Crippen molar-refractivity contribution < 1.29 is 0 Å². The van der Waals surface area contributed by atoms with Crippen LogP contribution in [0.5, 0.6) is 0 Å². The van der Waals surface area contributed by atoms with Crippen LogP contribution < -0.4 is 0 Å². The topological polar surface area (TPSA) is 30.7 Å². The minimum Gasteiger partial charge on any atom is -0.268 e. The molecule has 0 saturated carbocycles. The van der Waals surface area contributed by atoms with Gasteiger partial charge in [0.1, 0.15) is 0 Å². The van der Waals surface area contributed by atoms with Gasteiger partial charge in [0, 0.05) is 29.8 Å². The van der Waals surface area contributed by atoms with Crippen molar-refractivity contribution in [2.24, 2.45) is 7.05 Å². The van der Waals surface area contributed by atoms with Crippen molar-refractivity contribution in [3.63, 3.8) is 0 Å². The molecule has 0 unspecified atom stereocenters. The molecule has 4 rings (SSSR count). The molecule has 0 aliphatic rings. The molecule has 2 heterocycles. The molecule has 4 aromatic rings. The van der Waals surface area contributed by atoms with Gasteiger partial charge in [-0.25, -0.2) is 0 Å². The summed E-state index contributed by atoms with van der Waals surface area (Å²) in [4.78, 5) is 4.63. The summed E-state index contributed by atoms with van der Waals surface area (Å²) < 4.78 is 1.89. The minimum atomic E-state index is 1.01. The smallest absolute Gasteiger partial charge is 0.0780 e. The van der Waals surface area contributed by atoms with Crippen LogP contribution in [0.2, 0.25) is 0 Å². The maximum Gasteiger partial charge on any atom is 0.0780 e. The molecule has 0 bridgehead atoms. The fraction of sp³-hybridized carbons (Fsp3) is 0.100. The molecule has 0 atom stereocenters. The van der Waals surface area contributed by atoms with Crippen LogP contribution in [0.1, 0.15) is 5.56 Å². The molecular formula is C20H17N3. The van der Waals surface area contributed by atoms with Crippen LogP contribution >= 0.6 is 0 Å². The van der Waals surface area contributed by atoms with E-state index in [9.17, 15) is 0 Å². The molecule has 2 aromatic heterocycles. The quantitative estimate of drug-likeness (QED) is 0.541. The fourth-order valence-corrected chi connectivity index (χ4v) is 2.99. The number of nitrogens with zero attached hydrogens (tertiary/aromatic N) is 3. The molecule has 0 spiro atoms. The molecule has 0 aliphatic heterocycles. The first-order valence-corrected chi connectivity index (χ1v) is 7.66. The Labute approximate surface area is 135 Å². The summed E-state index contributed by atoms with van der Waals surface area (Å²) in [6.07, 6.45) is 3.76. The van der Waals surface area contributed by atoms with Gasteiger partial charge in [-0.05, 0) is 36.8 Å². The summed E-state index contributed by atoms with van der Waals surface area (Å²) in [5.41, 5.74) is 6.84. The first-order chi connectivity index (χ1) is 11.2. The van der Waals surface area contributed by atoms with Gasteiger partial charge in [0.15, 0.2) is 0 Å². The van der Waals surface area contributed by atoms with Crippen LogP contribution in [0.25, 0.3) is 33.3 Å². The molecule has 0 amide bonds. The fourth-order valence-electron chi connectivity index (χ4n) is 2.99. The highest BCUT2D eigenvalue weighted by Crippen LogP contribution is 2.32. The third-order valence-corrected chi connectivity index (χ3v) is 4.16. The molecule has 0 saturated heterocycles. The number of hydrogen-bond donors (Lipinski definition) is 0. The van der Waals surface area contributed by atoms with Crippen LogP contribution in [0.4, 0.5) is 0 Å². The van der Waals surface area contributed by atoms with Crippen LogP contribution in [-0.2, 0) is 7.05 Å². The SMILES string of the molecule is Cc1cccc(-c2ncccc2-c2ccc3c(cnn3C)c2)c1. The Morgan fingerprint density at radius 1 is 0.913 bits per heavy atom. The second-order valence-corrected chi connectivity index (χ2v) is 5.81. The van der Waals surface area contributed by atoms with Gasteiger partial charge in [-0.15, -0.1) is 0 Å². The van der Waals surface area contributed by atoms with E-state index in [1.165, 1.54) is 5.56 Å². The molecule has 3 nitrogen and oxygen atoms in total. The average Bonchev–Trinajstić information content (AvgIpc) is 2.95. The third-order valence-electron chi connectivity index (χ3n) is 4.16. The molecule has 0 fully saturated rings. The zero-order valence-electron chi connectivity index (χ0n) is 13.2. The zero-order valence-corrected chi connectivity index (χ0v) is 13.2. The Bertz CT molecular complexity index is 999. The summed E-state index contributed by atoms with van der Waals surface area (Å²) in [5.74, 6) is 0. The van der Waals surface area contributed by atoms with Gasteiger partial charge in [0.2, 0.25) is 0 Å². The van der Waals surface area contributed by atoms with Crippen LogP contribution in [0.3, 0.4) is 0 Å². The van der Waals surface area contributed by atoms with Gasteiger partial charge in [0.25, 0.3) is 0 Å². The van der Waals surface area contributed by atoms with E-state index in [1.54, 1.807) is 0 Å². The van der Waals surface area contributed by atoms with E-state index in [0.29, 0.717) is 0 Å². The number of hydrogen-bond acceptors (Lipinski definition) is 2. The Morgan fingerprint density at radius 2 is 1.83 bits per heavy atom. The number of fused-ring (bicyclic) bond motifs is 1. The van der Waals surface area contributed by atoms with E-state index < -0.39 is 0 Å². The van der Waals surface area contributed by atoms with E-state index in [0.717, 1.165) is 33.3 Å². The summed E-state index contributed by atoms with van der Waals surface area (Å²) in [5, 5.41) is 5.47. The van der Waals surface area contributed by atoms with Gasteiger partial charge in [-0.2, -0.15) is 5.10 Å². The summed E-state index contributed by atoms with van der Waals surface area (Å²) in [7, 11) is 1.96. The third kappa shape index (κ3) is 2.40. The van der Waals surface area contributed by atoms with Gasteiger partial charge >= 0.3 is 0 Å². The summed E-state index contributed by atoms with van der Waals surface area (Å²) in [6, 6.07) is 19.0. The zero-order chi connectivity index (χ0) is 15.8. The second-order valence-electron chi connectivity index (χ2n) is 5.81. The second kappa shape index (κ2) is 5.36. The molecular weight excluding hydrogens is 282 g/mol. The number of aromatic nitrogens is 3. The van der Waals surface area contributed by atoms with Crippen LogP contribution in [0, 0.1) is 6.92 Å². The Kier molecular flexibility index (Phi) is 3.19. The first-order valence-electron chi connectivity index (χ1n) is 7.66. The Morgan fingerprint density at radius 3 is 2.70 bits per heavy atom. The lowest BCUT2D eigenvalue weighted by atomic mass is 9.98. The van der Waals surface area contributed by atoms with Gasteiger partial charge in [-0.1, -0.05) is 35.9 Å². The van der Waals surface area contributed by atoms with Crippen LogP contribution in [0.15, 0.2) is 67.0 Å². The van der Waals surface area contributed by atoms with Crippen molar-refractivity contribution in [2.75, 3.05) is 0 Å². The standard InChI is InChI=1S/C20H17N3/c1-14-5-3-6-16(11-14)20-18(7-4-10-21-20)15-8-9-19-17(12-15)13-22-23(19)2/h3-13H,1-2H3. The highest BCUT2D eigenvalue weighted by atomic mass is 15.2. The number of pyridine rings is 1. The maximum atomic E-state index is 4.63. The van der Waals surface area contributed by atoms with E-state index >= 15 is 0 Å². The number of rotatable bonds is 2. The highest BCUT2D eigenvalue weighted by molar-refractivity contribution is 5.88. The monoisotopic (exact) mass is 299 g/mol. The van der Waals surface area contributed by atoms with Crippen molar-refractivity contribution in [3.8, 4) is 22.4 Å². The Hall–Kier alpha value is -2.94. The molecule has 3 heteroatoms. The largest absolute Gasteiger partial charge is 0.268 e. The lowest BCUT2D eigenvalue weighted by Crippen LogP contribution is -1.90. The van der Waals surface area contributed by atoms with E-state index in [-0.39, 0.29) is 0 Å². The average molecular weight is 299 g/mol. The van der Waals surface area contributed by atoms with E-state index in [1.807, 2.05) is 30.2 Å². The predicted octanol–water partition coefficient (Wildman–Crippen LogP) is 4.61. The molecule has 0 aliphatic carbocycles. The minimum absolute atomic E-state index is 1.01. The van der Waals surface area contributed by atoms with E-state index in [2.05, 4.69) is 65.5 Å². The predicted molar refractivity (Wildman–Crippen MR) is 94.1 cm³/mol. The van der Waals surface area contributed by atoms with Gasteiger partial charge in [0.05, 0.1) is 17.4 Å². The van der Waals surface area contributed by atoms with E-state index in [4.69, 9.17) is 0 Å². The Balaban J connectivity index is 1.91. The van der Waals surface area contributed by atoms with Crippen molar-refractivity contribution in [1.82, 2.24) is 14.8 Å². The lowest BCUT2D eigenvalue weighted by molar-refractivity contribution is 0.797. The lowest BCUT2D eigenvalue weighted by Gasteiger charge is -2.10. The normalized spacial score (nSPS) is 11.0. The summed E-state index contributed by atoms with van der Waals surface area (Å²) >= 11 is 0. The molecule has 112 valence electrons.